The van der Waals surface area contributed by atoms with E-state index in [2.05, 4.69) is 13.8 Å². The first-order chi connectivity index (χ1) is 18.2. The van der Waals surface area contributed by atoms with Gasteiger partial charge in [-0.1, -0.05) is 98.2 Å². The van der Waals surface area contributed by atoms with Gasteiger partial charge in [0.1, 0.15) is 31.7 Å². The zero-order valence-corrected chi connectivity index (χ0v) is 25.0. The molecule has 0 bridgehead atoms. The number of ether oxygens (including phenoxy) is 3. The Morgan fingerprint density at radius 1 is 0.737 bits per heavy atom. The summed E-state index contributed by atoms with van der Waals surface area (Å²) in [5, 5.41) is 18.5. The molecule has 0 amide bonds. The van der Waals surface area contributed by atoms with Crippen molar-refractivity contribution in [3.8, 4) is 5.75 Å². The number of hydrogen-bond donors (Lipinski definition) is 2. The van der Waals surface area contributed by atoms with Crippen LogP contribution in [0, 0.1) is 5.92 Å². The molecule has 2 N–H and O–H groups in total. The quantitative estimate of drug-likeness (QED) is 0.325. The third-order valence-electron chi connectivity index (χ3n) is 4.08. The average Bonchev–Trinajstić information content (AvgIpc) is 2.97. The minimum absolute atomic E-state index is 0.0613. The molecular weight excluding hydrogens is 484 g/mol. The van der Waals surface area contributed by atoms with Crippen LogP contribution in [0.15, 0.2) is 60.7 Å². The van der Waals surface area contributed by atoms with Crippen LogP contribution in [0.5, 0.6) is 5.75 Å². The summed E-state index contributed by atoms with van der Waals surface area (Å²) in [5.74, 6) is -0.0764. The smallest absolute Gasteiger partial charge is 0.338 e. The molecule has 2 rings (SSSR count). The van der Waals surface area contributed by atoms with Gasteiger partial charge in [-0.2, -0.15) is 0 Å². The van der Waals surface area contributed by atoms with Crippen molar-refractivity contribution in [1.82, 2.24) is 0 Å². The lowest BCUT2D eigenvalue weighted by Crippen LogP contribution is -2.25. The maximum atomic E-state index is 11.6. The highest BCUT2D eigenvalue weighted by Crippen LogP contribution is 2.09. The molecule has 2 aromatic rings. The number of benzene rings is 2. The summed E-state index contributed by atoms with van der Waals surface area (Å²) in [5.41, 5.74) is 0.462. The molecule has 0 radical (unpaired) electrons. The number of para-hydroxylation sites is 1. The van der Waals surface area contributed by atoms with Gasteiger partial charge in [-0.05, 0) is 37.6 Å². The second-order valence-electron chi connectivity index (χ2n) is 7.74. The summed E-state index contributed by atoms with van der Waals surface area (Å²) >= 11 is 0. The molecule has 0 fully saturated rings. The van der Waals surface area contributed by atoms with Crippen LogP contribution in [-0.2, 0) is 14.3 Å². The van der Waals surface area contributed by atoms with Gasteiger partial charge in [-0.25, -0.2) is 4.79 Å². The molecular formula is C31H52O7. The molecule has 0 saturated heterocycles. The standard InChI is InChI=1S/C16H16O4.C8H16O3.C3H8.2C2H6/c17-14(11-19-15-9-5-2-6-10-15)12-20-16(18)13-7-3-1-4-8-13;1-4-6(2)8(10)11-5-7(3)9;1-3-2;2*1-2/h1-10,14,17H,11-12H2;6-7,9H,4-5H2,1-3H3;3H2,1-2H3;2*1-2H3. The van der Waals surface area contributed by atoms with Crippen LogP contribution in [0.1, 0.15) is 85.5 Å². The fourth-order valence-corrected chi connectivity index (χ4v) is 2.10. The Bertz CT molecular complexity index is 764. The third kappa shape index (κ3) is 23.5. The van der Waals surface area contributed by atoms with E-state index in [1.165, 1.54) is 6.42 Å². The summed E-state index contributed by atoms with van der Waals surface area (Å²) in [4.78, 5) is 22.6. The maximum absolute atomic E-state index is 11.6. The van der Waals surface area contributed by atoms with Crippen molar-refractivity contribution in [2.75, 3.05) is 19.8 Å². The van der Waals surface area contributed by atoms with E-state index in [4.69, 9.17) is 19.3 Å². The van der Waals surface area contributed by atoms with E-state index in [1.54, 1.807) is 43.3 Å². The molecule has 0 spiro atoms. The highest BCUT2D eigenvalue weighted by atomic mass is 16.6. The van der Waals surface area contributed by atoms with E-state index >= 15 is 0 Å². The summed E-state index contributed by atoms with van der Waals surface area (Å²) in [7, 11) is 0. The van der Waals surface area contributed by atoms with Crippen LogP contribution in [0.25, 0.3) is 0 Å². The van der Waals surface area contributed by atoms with Gasteiger partial charge in [-0.15, -0.1) is 0 Å². The van der Waals surface area contributed by atoms with E-state index in [-0.39, 0.29) is 31.7 Å². The van der Waals surface area contributed by atoms with Crippen LogP contribution < -0.4 is 4.74 Å². The normalized spacial score (nSPS) is 11.4. The molecule has 7 heteroatoms. The summed E-state index contributed by atoms with van der Waals surface area (Å²) in [6.45, 7) is 17.7. The van der Waals surface area contributed by atoms with Gasteiger partial charge in [0.15, 0.2) is 0 Å². The lowest BCUT2D eigenvalue weighted by Gasteiger charge is -2.12. The molecule has 0 aromatic heterocycles. The molecule has 3 unspecified atom stereocenters. The largest absolute Gasteiger partial charge is 0.491 e. The molecule has 0 aliphatic carbocycles. The molecule has 3 atom stereocenters. The van der Waals surface area contributed by atoms with Crippen molar-refractivity contribution >= 4 is 11.9 Å². The number of rotatable bonds is 10. The molecule has 7 nitrogen and oxygen atoms in total. The second kappa shape index (κ2) is 28.7. The van der Waals surface area contributed by atoms with E-state index in [9.17, 15) is 14.7 Å². The molecule has 38 heavy (non-hydrogen) atoms. The number of aliphatic hydroxyl groups excluding tert-OH is 2. The molecule has 0 aliphatic rings. The van der Waals surface area contributed by atoms with Gasteiger partial charge in [0.05, 0.1) is 17.6 Å². The Kier molecular flexibility index (Phi) is 29.9. The van der Waals surface area contributed by atoms with Crippen LogP contribution in [0.4, 0.5) is 0 Å². The van der Waals surface area contributed by atoms with Crippen LogP contribution in [0.2, 0.25) is 0 Å². The van der Waals surface area contributed by atoms with E-state index in [1.807, 2.05) is 65.8 Å². The first-order valence-corrected chi connectivity index (χ1v) is 13.7. The maximum Gasteiger partial charge on any atom is 0.338 e. The van der Waals surface area contributed by atoms with Crippen LogP contribution in [0.3, 0.4) is 0 Å². The number of carbonyl (C=O) groups is 2. The predicted molar refractivity (Wildman–Crippen MR) is 155 cm³/mol. The predicted octanol–water partition coefficient (Wildman–Crippen LogP) is 6.71. The molecule has 2 aromatic carbocycles. The number of esters is 2. The van der Waals surface area contributed by atoms with E-state index < -0.39 is 18.2 Å². The zero-order chi connectivity index (χ0) is 29.8. The lowest BCUT2D eigenvalue weighted by molar-refractivity contribution is -0.150. The molecule has 0 heterocycles. The van der Waals surface area contributed by atoms with E-state index in [0.29, 0.717) is 11.3 Å². The molecule has 218 valence electrons. The Hall–Kier alpha value is -2.90. The van der Waals surface area contributed by atoms with Crippen molar-refractivity contribution in [1.29, 1.82) is 0 Å². The number of hydrogen-bond acceptors (Lipinski definition) is 7. The fourth-order valence-electron chi connectivity index (χ4n) is 2.10. The minimum Gasteiger partial charge on any atom is -0.491 e. The SMILES string of the molecule is CC.CC.CCC.CCC(C)C(=O)OCC(C)O.O=C(OCC(O)COc1ccccc1)c1ccccc1. The third-order valence-corrected chi connectivity index (χ3v) is 4.08. The monoisotopic (exact) mass is 536 g/mol. The van der Waals surface area contributed by atoms with Gasteiger partial charge in [0.25, 0.3) is 0 Å². The van der Waals surface area contributed by atoms with Crippen molar-refractivity contribution in [2.24, 2.45) is 5.92 Å². The van der Waals surface area contributed by atoms with Crippen LogP contribution in [-0.4, -0.2) is 54.2 Å². The van der Waals surface area contributed by atoms with Crippen LogP contribution >= 0.6 is 0 Å². The Morgan fingerprint density at radius 2 is 1.21 bits per heavy atom. The minimum atomic E-state index is -0.858. The van der Waals surface area contributed by atoms with Gasteiger partial charge in [0.2, 0.25) is 0 Å². The fraction of sp³-hybridized carbons (Fsp3) is 0.548. The lowest BCUT2D eigenvalue weighted by atomic mass is 10.1. The van der Waals surface area contributed by atoms with Crippen molar-refractivity contribution in [2.45, 2.75) is 87.4 Å². The Balaban J connectivity index is -0.000000577. The summed E-state index contributed by atoms with van der Waals surface area (Å²) < 4.78 is 15.1. The van der Waals surface area contributed by atoms with Gasteiger partial charge in [0, 0.05) is 0 Å². The molecule has 0 aliphatic heterocycles. The first-order valence-electron chi connectivity index (χ1n) is 13.7. The number of carbonyl (C=O) groups excluding carboxylic acids is 2. The highest BCUT2D eigenvalue weighted by molar-refractivity contribution is 5.89. The Morgan fingerprint density at radius 3 is 1.66 bits per heavy atom. The van der Waals surface area contributed by atoms with Gasteiger partial charge >= 0.3 is 11.9 Å². The summed E-state index contributed by atoms with van der Waals surface area (Å²) in [6.07, 6.45) is 0.601. The second-order valence-corrected chi connectivity index (χ2v) is 7.74. The average molecular weight is 537 g/mol. The topological polar surface area (TPSA) is 102 Å². The van der Waals surface area contributed by atoms with Gasteiger partial charge < -0.3 is 24.4 Å². The van der Waals surface area contributed by atoms with Gasteiger partial charge in [-0.3, -0.25) is 4.79 Å². The van der Waals surface area contributed by atoms with E-state index in [0.717, 1.165) is 6.42 Å². The zero-order valence-electron chi connectivity index (χ0n) is 25.0. The highest BCUT2D eigenvalue weighted by Gasteiger charge is 2.12. The molecule has 0 saturated carbocycles. The van der Waals surface area contributed by atoms with Crippen molar-refractivity contribution in [3.05, 3.63) is 66.2 Å². The summed E-state index contributed by atoms with van der Waals surface area (Å²) in [6, 6.07) is 17.8. The number of aliphatic hydroxyl groups is 2. The Labute approximate surface area is 231 Å². The van der Waals surface area contributed by atoms with Crippen molar-refractivity contribution < 1.29 is 34.0 Å². The van der Waals surface area contributed by atoms with Crippen molar-refractivity contribution in [3.63, 3.8) is 0 Å². The first kappa shape index (κ1) is 39.6.